The third-order valence-corrected chi connectivity index (χ3v) is 7.15. The summed E-state index contributed by atoms with van der Waals surface area (Å²) in [5.41, 5.74) is 5.75. The molecular formula is C13H24N2O2S. The maximum Gasteiger partial charge on any atom is 0.152 e. The molecule has 4 nitrogen and oxygen atoms in total. The van der Waals surface area contributed by atoms with E-state index in [4.69, 9.17) is 5.73 Å². The van der Waals surface area contributed by atoms with Crippen LogP contribution in [0.15, 0.2) is 0 Å². The second-order valence-electron chi connectivity index (χ2n) is 6.36. The zero-order valence-electron chi connectivity index (χ0n) is 11.0. The topological polar surface area (TPSA) is 63.4 Å². The Kier molecular flexibility index (Phi) is 3.19. The van der Waals surface area contributed by atoms with E-state index in [1.807, 2.05) is 0 Å². The Balaban J connectivity index is 1.87. The zero-order valence-corrected chi connectivity index (χ0v) is 11.8. The van der Waals surface area contributed by atoms with Gasteiger partial charge >= 0.3 is 0 Å². The quantitative estimate of drug-likeness (QED) is 0.806. The molecule has 3 rings (SSSR count). The number of piperidine rings is 1. The van der Waals surface area contributed by atoms with E-state index in [1.165, 1.54) is 32.1 Å². The third-order valence-electron chi connectivity index (χ3n) is 5.35. The summed E-state index contributed by atoms with van der Waals surface area (Å²) < 4.78 is 23.7. The molecule has 0 aromatic rings. The molecule has 1 saturated carbocycles. The van der Waals surface area contributed by atoms with Crippen LogP contribution in [0.2, 0.25) is 0 Å². The first kappa shape index (κ1) is 12.9. The van der Waals surface area contributed by atoms with E-state index in [2.05, 4.69) is 4.90 Å². The van der Waals surface area contributed by atoms with Gasteiger partial charge in [-0.15, -0.1) is 0 Å². The molecule has 5 heteroatoms. The summed E-state index contributed by atoms with van der Waals surface area (Å²) in [5.74, 6) is 1.42. The molecule has 2 saturated heterocycles. The summed E-state index contributed by atoms with van der Waals surface area (Å²) in [5, 5.41) is 0. The van der Waals surface area contributed by atoms with Gasteiger partial charge in [-0.2, -0.15) is 0 Å². The van der Waals surface area contributed by atoms with Crippen molar-refractivity contribution < 1.29 is 8.42 Å². The summed E-state index contributed by atoms with van der Waals surface area (Å²) >= 11 is 0. The van der Waals surface area contributed by atoms with E-state index < -0.39 is 9.84 Å². The Morgan fingerprint density at radius 1 is 1.22 bits per heavy atom. The summed E-state index contributed by atoms with van der Waals surface area (Å²) in [6.45, 7) is 1.54. The predicted octanol–water partition coefficient (Wildman–Crippen LogP) is 0.767. The monoisotopic (exact) mass is 272 g/mol. The molecule has 0 bridgehead atoms. The van der Waals surface area contributed by atoms with Crippen LogP contribution >= 0.6 is 0 Å². The molecule has 0 aromatic heterocycles. The van der Waals surface area contributed by atoms with E-state index in [-0.39, 0.29) is 5.54 Å². The number of likely N-dealkylation sites (tertiary alicyclic amines) is 1. The minimum absolute atomic E-state index is 0.244. The molecule has 3 fully saturated rings. The summed E-state index contributed by atoms with van der Waals surface area (Å²) in [6, 6.07) is 0.607. The fourth-order valence-electron chi connectivity index (χ4n) is 4.45. The fraction of sp³-hybridized carbons (Fsp3) is 1.00. The normalized spacial score (nSPS) is 44.1. The highest BCUT2D eigenvalue weighted by atomic mass is 32.2. The molecular weight excluding hydrogens is 248 g/mol. The van der Waals surface area contributed by atoms with Crippen LogP contribution in [0.1, 0.15) is 38.5 Å². The standard InChI is InChI=1S/C13H24N2O2S/c14-9-13(6-8-18(16,17)10-13)15-7-2-4-11-3-1-5-12(11)15/h11-12H,1-10,14H2. The summed E-state index contributed by atoms with van der Waals surface area (Å²) in [7, 11) is -2.87. The van der Waals surface area contributed by atoms with Gasteiger partial charge in [0.2, 0.25) is 0 Å². The molecule has 104 valence electrons. The highest BCUT2D eigenvalue weighted by molar-refractivity contribution is 7.91. The van der Waals surface area contributed by atoms with Crippen molar-refractivity contribution in [1.29, 1.82) is 0 Å². The Hall–Kier alpha value is -0.130. The molecule has 3 atom stereocenters. The minimum atomic E-state index is -2.87. The lowest BCUT2D eigenvalue weighted by molar-refractivity contribution is 0.0178. The highest BCUT2D eigenvalue weighted by Gasteiger charge is 2.50. The van der Waals surface area contributed by atoms with Gasteiger partial charge in [0, 0.05) is 18.1 Å². The van der Waals surface area contributed by atoms with Crippen molar-refractivity contribution in [3.8, 4) is 0 Å². The maximum atomic E-state index is 11.9. The van der Waals surface area contributed by atoms with Gasteiger partial charge in [-0.25, -0.2) is 8.42 Å². The van der Waals surface area contributed by atoms with E-state index in [1.54, 1.807) is 0 Å². The molecule has 0 aromatic carbocycles. The van der Waals surface area contributed by atoms with Crippen molar-refractivity contribution in [3.63, 3.8) is 0 Å². The lowest BCUT2D eigenvalue weighted by Gasteiger charge is -2.48. The van der Waals surface area contributed by atoms with Crippen molar-refractivity contribution >= 4 is 9.84 Å². The Morgan fingerprint density at radius 3 is 2.67 bits per heavy atom. The molecule has 2 heterocycles. The van der Waals surface area contributed by atoms with Gasteiger partial charge in [-0.05, 0) is 44.6 Å². The molecule has 0 spiro atoms. The van der Waals surface area contributed by atoms with Gasteiger partial charge in [0.15, 0.2) is 9.84 Å². The second kappa shape index (κ2) is 4.46. The van der Waals surface area contributed by atoms with Gasteiger partial charge in [0.1, 0.15) is 0 Å². The predicted molar refractivity (Wildman–Crippen MR) is 72.1 cm³/mol. The van der Waals surface area contributed by atoms with Crippen LogP contribution in [-0.2, 0) is 9.84 Å². The smallest absolute Gasteiger partial charge is 0.152 e. The van der Waals surface area contributed by atoms with Gasteiger partial charge < -0.3 is 5.73 Å². The van der Waals surface area contributed by atoms with Gasteiger partial charge in [0.05, 0.1) is 11.5 Å². The van der Waals surface area contributed by atoms with Gasteiger partial charge in [-0.1, -0.05) is 6.42 Å². The van der Waals surface area contributed by atoms with Crippen LogP contribution in [0.5, 0.6) is 0 Å². The van der Waals surface area contributed by atoms with Crippen molar-refractivity contribution in [1.82, 2.24) is 4.90 Å². The lowest BCUT2D eigenvalue weighted by Crippen LogP contribution is -2.61. The number of hydrogen-bond donors (Lipinski definition) is 1. The van der Waals surface area contributed by atoms with E-state index in [0.717, 1.165) is 18.9 Å². The third kappa shape index (κ3) is 2.00. The zero-order chi connectivity index (χ0) is 12.8. The largest absolute Gasteiger partial charge is 0.329 e. The Labute approximate surface area is 110 Å². The molecule has 3 aliphatic rings. The SMILES string of the molecule is NCC1(N2CCCC3CCCC32)CCS(=O)(=O)C1. The van der Waals surface area contributed by atoms with Crippen molar-refractivity contribution in [2.24, 2.45) is 11.7 Å². The van der Waals surface area contributed by atoms with Crippen LogP contribution in [0.4, 0.5) is 0 Å². The molecule has 0 radical (unpaired) electrons. The number of nitrogens with zero attached hydrogens (tertiary/aromatic N) is 1. The number of fused-ring (bicyclic) bond motifs is 1. The average molecular weight is 272 g/mol. The van der Waals surface area contributed by atoms with Crippen molar-refractivity contribution in [2.75, 3.05) is 24.6 Å². The number of nitrogens with two attached hydrogens (primary N) is 1. The Bertz CT molecular complexity index is 423. The Morgan fingerprint density at radius 2 is 2.00 bits per heavy atom. The molecule has 1 aliphatic carbocycles. The van der Waals surface area contributed by atoms with Gasteiger partial charge in [-0.3, -0.25) is 4.90 Å². The maximum absolute atomic E-state index is 11.9. The molecule has 3 unspecified atom stereocenters. The molecule has 18 heavy (non-hydrogen) atoms. The first-order valence-corrected chi connectivity index (χ1v) is 9.06. The van der Waals surface area contributed by atoms with Crippen molar-refractivity contribution in [3.05, 3.63) is 0 Å². The fourth-order valence-corrected chi connectivity index (χ4v) is 6.53. The average Bonchev–Trinajstić information content (AvgIpc) is 2.93. The van der Waals surface area contributed by atoms with Crippen LogP contribution < -0.4 is 5.73 Å². The summed E-state index contributed by atoms with van der Waals surface area (Å²) in [6.07, 6.45) is 7.16. The van der Waals surface area contributed by atoms with E-state index in [9.17, 15) is 8.42 Å². The van der Waals surface area contributed by atoms with Crippen LogP contribution in [0.25, 0.3) is 0 Å². The van der Waals surface area contributed by atoms with Crippen LogP contribution in [0.3, 0.4) is 0 Å². The minimum Gasteiger partial charge on any atom is -0.329 e. The number of hydrogen-bond acceptors (Lipinski definition) is 4. The van der Waals surface area contributed by atoms with Crippen LogP contribution in [0, 0.1) is 5.92 Å². The first-order valence-electron chi connectivity index (χ1n) is 7.24. The molecule has 2 aliphatic heterocycles. The number of sulfone groups is 1. The summed E-state index contributed by atoms with van der Waals surface area (Å²) in [4.78, 5) is 2.50. The van der Waals surface area contributed by atoms with E-state index >= 15 is 0 Å². The van der Waals surface area contributed by atoms with Crippen LogP contribution in [-0.4, -0.2) is 49.5 Å². The first-order chi connectivity index (χ1) is 8.56. The molecule has 2 N–H and O–H groups in total. The second-order valence-corrected chi connectivity index (χ2v) is 8.55. The molecule has 0 amide bonds. The van der Waals surface area contributed by atoms with Crippen molar-refractivity contribution in [2.45, 2.75) is 50.1 Å². The number of rotatable bonds is 2. The van der Waals surface area contributed by atoms with E-state index in [0.29, 0.717) is 24.1 Å². The highest BCUT2D eigenvalue weighted by Crippen LogP contribution is 2.42. The van der Waals surface area contributed by atoms with Gasteiger partial charge in [0.25, 0.3) is 0 Å². The lowest BCUT2D eigenvalue weighted by atomic mass is 9.85.